The lowest BCUT2D eigenvalue weighted by Crippen LogP contribution is -2.55. The Balaban J connectivity index is 1.76. The van der Waals surface area contributed by atoms with Crippen LogP contribution in [0.3, 0.4) is 0 Å². The number of halogens is 4. The third-order valence-corrected chi connectivity index (χ3v) is 7.32. The van der Waals surface area contributed by atoms with E-state index in [2.05, 4.69) is 20.5 Å². The molecule has 2 atom stereocenters. The maximum Gasteiger partial charge on any atom is 0.417 e. The van der Waals surface area contributed by atoms with Crippen molar-refractivity contribution >= 4 is 17.3 Å². The number of hydrogen-bond acceptors (Lipinski definition) is 5. The summed E-state index contributed by atoms with van der Waals surface area (Å²) in [5.41, 5.74) is -1.89. The van der Waals surface area contributed by atoms with Gasteiger partial charge >= 0.3 is 6.18 Å². The minimum absolute atomic E-state index is 0.0693. The Morgan fingerprint density at radius 3 is 2.33 bits per heavy atom. The van der Waals surface area contributed by atoms with Crippen molar-refractivity contribution in [2.45, 2.75) is 50.9 Å². The van der Waals surface area contributed by atoms with E-state index in [0.717, 1.165) is 19.3 Å². The molecule has 0 spiro atoms. The Labute approximate surface area is 206 Å². The monoisotopic (exact) mass is 509 g/mol. The van der Waals surface area contributed by atoms with Gasteiger partial charge in [-0.1, -0.05) is 0 Å². The molecule has 0 bridgehead atoms. The number of hydrogen-bond donors (Lipinski definition) is 3. The van der Waals surface area contributed by atoms with Gasteiger partial charge in [-0.25, -0.2) is 4.39 Å². The van der Waals surface area contributed by atoms with Gasteiger partial charge in [-0.05, 0) is 70.4 Å². The van der Waals surface area contributed by atoms with Crippen LogP contribution >= 0.6 is 0 Å². The minimum atomic E-state index is -4.89. The molecule has 2 aromatic rings. The minimum Gasteiger partial charge on any atom is -0.367 e. The normalized spacial score (nSPS) is 22.0. The van der Waals surface area contributed by atoms with E-state index in [1.54, 1.807) is 6.07 Å². The number of rotatable bonds is 4. The number of carbonyl (C=O) groups excluding carboxylic acids is 1. The number of carbonyl (C=O) groups is 1. The molecule has 2 fully saturated rings. The first-order valence-corrected chi connectivity index (χ1v) is 12.1. The number of anilines is 2. The van der Waals surface area contributed by atoms with Crippen LogP contribution in [0.15, 0.2) is 29.2 Å². The van der Waals surface area contributed by atoms with Gasteiger partial charge in [0, 0.05) is 37.4 Å². The summed E-state index contributed by atoms with van der Waals surface area (Å²) in [5.74, 6) is -1.49. The zero-order valence-corrected chi connectivity index (χ0v) is 20.5. The summed E-state index contributed by atoms with van der Waals surface area (Å²) in [6.45, 7) is 6.65. The first kappa shape index (κ1) is 26.2. The summed E-state index contributed by atoms with van der Waals surface area (Å²) in [4.78, 5) is 31.0. The number of nitrogens with zero attached hydrogens (tertiary/aromatic N) is 2. The predicted octanol–water partition coefficient (Wildman–Crippen LogP) is 3.78. The van der Waals surface area contributed by atoms with Gasteiger partial charge in [0.15, 0.2) is 0 Å². The fraction of sp³-hybridized carbons (Fsp3) is 0.520. The lowest BCUT2D eigenvalue weighted by atomic mass is 9.89. The highest BCUT2D eigenvalue weighted by molar-refractivity contribution is 6.07. The van der Waals surface area contributed by atoms with Gasteiger partial charge in [-0.2, -0.15) is 13.2 Å². The number of amides is 1. The number of benzene rings is 1. The Morgan fingerprint density at radius 2 is 1.72 bits per heavy atom. The van der Waals surface area contributed by atoms with Crippen LogP contribution in [0.2, 0.25) is 0 Å². The predicted molar refractivity (Wildman–Crippen MR) is 130 cm³/mol. The Bertz CT molecular complexity index is 1160. The molecule has 1 aromatic heterocycles. The molecule has 0 aliphatic carbocycles. The van der Waals surface area contributed by atoms with E-state index in [-0.39, 0.29) is 23.7 Å². The molecule has 2 saturated heterocycles. The summed E-state index contributed by atoms with van der Waals surface area (Å²) in [6.07, 6.45) is -2.71. The second kappa shape index (κ2) is 10.2. The fourth-order valence-corrected chi connectivity index (χ4v) is 5.07. The molecule has 2 aliphatic rings. The van der Waals surface area contributed by atoms with Crippen molar-refractivity contribution in [3.63, 3.8) is 0 Å². The summed E-state index contributed by atoms with van der Waals surface area (Å²) in [6, 6.07) is 3.59. The number of likely N-dealkylation sites (N-methyl/N-ethyl adjacent to an activating group) is 1. The largest absolute Gasteiger partial charge is 0.417 e. The van der Waals surface area contributed by atoms with E-state index >= 15 is 4.39 Å². The van der Waals surface area contributed by atoms with E-state index < -0.39 is 34.6 Å². The maximum absolute atomic E-state index is 15.4. The van der Waals surface area contributed by atoms with Gasteiger partial charge in [0.2, 0.25) is 5.56 Å². The molecule has 1 amide bonds. The maximum atomic E-state index is 15.4. The van der Waals surface area contributed by atoms with Gasteiger partial charge in [0.1, 0.15) is 5.82 Å². The lowest BCUT2D eigenvalue weighted by Gasteiger charge is -2.44. The van der Waals surface area contributed by atoms with Crippen molar-refractivity contribution < 1.29 is 22.4 Å². The highest BCUT2D eigenvalue weighted by Gasteiger charge is 2.36. The van der Waals surface area contributed by atoms with Crippen LogP contribution in [0, 0.1) is 5.82 Å². The molecule has 7 nitrogen and oxygen atoms in total. The van der Waals surface area contributed by atoms with E-state index in [9.17, 15) is 22.8 Å². The van der Waals surface area contributed by atoms with Crippen molar-refractivity contribution in [2.24, 2.45) is 0 Å². The van der Waals surface area contributed by atoms with Gasteiger partial charge in [0.25, 0.3) is 5.91 Å². The van der Waals surface area contributed by atoms with Crippen molar-refractivity contribution in [3.8, 4) is 0 Å². The van der Waals surface area contributed by atoms with Crippen LogP contribution in [0.25, 0.3) is 0 Å². The number of nitrogens with one attached hydrogen (secondary N) is 3. The number of aromatic nitrogens is 1. The molecule has 0 saturated carbocycles. The quantitative estimate of drug-likeness (QED) is 0.547. The Kier molecular flexibility index (Phi) is 7.42. The average Bonchev–Trinajstić information content (AvgIpc) is 2.83. The first-order valence-electron chi connectivity index (χ1n) is 12.1. The zero-order valence-electron chi connectivity index (χ0n) is 20.5. The smallest absolute Gasteiger partial charge is 0.367 e. The van der Waals surface area contributed by atoms with Crippen molar-refractivity contribution in [3.05, 3.63) is 57.3 Å². The molecule has 36 heavy (non-hydrogen) atoms. The van der Waals surface area contributed by atoms with Gasteiger partial charge in [0.05, 0.1) is 22.5 Å². The molecule has 0 unspecified atom stereocenters. The van der Waals surface area contributed by atoms with E-state index in [0.29, 0.717) is 43.2 Å². The van der Waals surface area contributed by atoms with Crippen LogP contribution < -0.4 is 21.1 Å². The Morgan fingerprint density at radius 1 is 1.08 bits per heavy atom. The lowest BCUT2D eigenvalue weighted by molar-refractivity contribution is -0.138. The summed E-state index contributed by atoms with van der Waals surface area (Å²) in [5, 5.41) is 5.84. The zero-order chi connectivity index (χ0) is 26.2. The summed E-state index contributed by atoms with van der Waals surface area (Å²) < 4.78 is 56.1. The molecule has 0 radical (unpaired) electrons. The van der Waals surface area contributed by atoms with Crippen molar-refractivity contribution in [1.82, 2.24) is 15.2 Å². The molecule has 3 N–H and O–H groups in total. The number of alkyl halides is 3. The van der Waals surface area contributed by atoms with Gasteiger partial charge < -0.3 is 20.5 Å². The second-order valence-electron chi connectivity index (χ2n) is 9.76. The van der Waals surface area contributed by atoms with Crippen LogP contribution in [-0.2, 0) is 6.18 Å². The number of pyridine rings is 1. The van der Waals surface area contributed by atoms with E-state index in [1.807, 2.05) is 25.8 Å². The van der Waals surface area contributed by atoms with Crippen molar-refractivity contribution in [1.29, 1.82) is 0 Å². The summed E-state index contributed by atoms with van der Waals surface area (Å²) >= 11 is 0. The topological polar surface area (TPSA) is 80.5 Å². The number of H-pyrrole nitrogens is 1. The molecule has 3 heterocycles. The average molecular weight is 510 g/mol. The molecular weight excluding hydrogens is 478 g/mol. The standard InChI is InChI=1S/C25H31F4N5O2/c1-14-12-34(13-15(2)33(14)3)22-10-20(26)17(16-4-6-30-7-5-16)8-21(22)32-24(36)18-11-31-23(35)9-19(18)25(27,28)29/h8-11,14-16,30H,4-7,12-13H2,1-3H3,(H,31,35)(H,32,36)/t14-,15+. The number of aromatic amines is 1. The van der Waals surface area contributed by atoms with E-state index in [1.165, 1.54) is 6.07 Å². The number of piperazine rings is 1. The molecule has 4 rings (SSSR count). The Hall–Kier alpha value is -2.92. The van der Waals surface area contributed by atoms with Crippen LogP contribution in [0.4, 0.5) is 28.9 Å². The van der Waals surface area contributed by atoms with Crippen LogP contribution in [0.5, 0.6) is 0 Å². The van der Waals surface area contributed by atoms with Gasteiger partial charge in [-0.3, -0.25) is 14.5 Å². The number of piperidine rings is 1. The molecule has 196 valence electrons. The third-order valence-electron chi connectivity index (χ3n) is 7.32. The molecule has 2 aliphatic heterocycles. The molecular formula is C25H31F4N5O2. The molecule has 11 heteroatoms. The van der Waals surface area contributed by atoms with Crippen LogP contribution in [0.1, 0.15) is 54.1 Å². The SMILES string of the molecule is C[C@@H]1CN(c2cc(F)c(C3CCNCC3)cc2NC(=O)c2c[nH]c(=O)cc2C(F)(F)F)C[C@H](C)N1C. The summed E-state index contributed by atoms with van der Waals surface area (Å²) in [7, 11) is 2.00. The fourth-order valence-electron chi connectivity index (χ4n) is 5.07. The first-order chi connectivity index (χ1) is 17.0. The second-order valence-corrected chi connectivity index (χ2v) is 9.76. The highest BCUT2D eigenvalue weighted by Crippen LogP contribution is 2.38. The van der Waals surface area contributed by atoms with E-state index in [4.69, 9.17) is 0 Å². The highest BCUT2D eigenvalue weighted by atomic mass is 19.4. The van der Waals surface area contributed by atoms with Crippen LogP contribution in [-0.4, -0.2) is 61.1 Å². The van der Waals surface area contributed by atoms with Gasteiger partial charge in [-0.15, -0.1) is 0 Å². The van der Waals surface area contributed by atoms with Crippen molar-refractivity contribution in [2.75, 3.05) is 43.4 Å². The third kappa shape index (κ3) is 5.41. The molecule has 1 aromatic carbocycles.